The normalized spacial score (nSPS) is 22.3. The lowest BCUT2D eigenvalue weighted by Gasteiger charge is -2.28. The number of alkyl halides is 3. The van der Waals surface area contributed by atoms with Crippen LogP contribution in [-0.4, -0.2) is 23.2 Å². The topological polar surface area (TPSA) is 66.4 Å². The van der Waals surface area contributed by atoms with E-state index in [4.69, 9.17) is 5.11 Å². The molecule has 0 aliphatic heterocycles. The van der Waals surface area contributed by atoms with Crippen molar-refractivity contribution in [2.24, 2.45) is 11.8 Å². The first-order valence-corrected chi connectivity index (χ1v) is 7.65. The average molecular weight is 365 g/mol. The SMILES string of the molecule is O=C(O)C1CCC(C(=O)NC(c2cccc(F)c2F)C(F)(F)F)CC1. The van der Waals surface area contributed by atoms with Crippen molar-refractivity contribution in [1.29, 1.82) is 0 Å². The molecule has 0 radical (unpaired) electrons. The van der Waals surface area contributed by atoms with Crippen molar-refractivity contribution in [1.82, 2.24) is 5.32 Å². The lowest BCUT2D eigenvalue weighted by atomic mass is 9.81. The van der Waals surface area contributed by atoms with Crippen LogP contribution >= 0.6 is 0 Å². The third-order valence-corrected chi connectivity index (χ3v) is 4.35. The highest BCUT2D eigenvalue weighted by Gasteiger charge is 2.44. The molecule has 1 aromatic rings. The summed E-state index contributed by atoms with van der Waals surface area (Å²) in [6, 6.07) is -0.302. The van der Waals surface area contributed by atoms with Crippen molar-refractivity contribution >= 4 is 11.9 Å². The van der Waals surface area contributed by atoms with Crippen LogP contribution in [0.5, 0.6) is 0 Å². The van der Waals surface area contributed by atoms with Gasteiger partial charge in [-0.2, -0.15) is 13.2 Å². The molecule has 4 nitrogen and oxygen atoms in total. The second-order valence-electron chi connectivity index (χ2n) is 6.01. The van der Waals surface area contributed by atoms with Crippen LogP contribution in [0.3, 0.4) is 0 Å². The molecule has 1 aliphatic rings. The van der Waals surface area contributed by atoms with Crippen molar-refractivity contribution in [2.75, 3.05) is 0 Å². The first kappa shape index (κ1) is 19.1. The summed E-state index contributed by atoms with van der Waals surface area (Å²) in [4.78, 5) is 23.0. The summed E-state index contributed by atoms with van der Waals surface area (Å²) in [5, 5.41) is 10.6. The van der Waals surface area contributed by atoms with Gasteiger partial charge in [0.1, 0.15) is 0 Å². The van der Waals surface area contributed by atoms with Crippen molar-refractivity contribution < 1.29 is 36.6 Å². The van der Waals surface area contributed by atoms with Crippen LogP contribution in [0.2, 0.25) is 0 Å². The van der Waals surface area contributed by atoms with Gasteiger partial charge in [-0.3, -0.25) is 9.59 Å². The van der Waals surface area contributed by atoms with E-state index in [1.165, 1.54) is 0 Å². The molecule has 2 rings (SSSR count). The van der Waals surface area contributed by atoms with Crippen molar-refractivity contribution in [2.45, 2.75) is 37.9 Å². The van der Waals surface area contributed by atoms with Gasteiger partial charge in [0.05, 0.1) is 5.92 Å². The fourth-order valence-corrected chi connectivity index (χ4v) is 2.94. The van der Waals surface area contributed by atoms with E-state index < -0.39 is 53.1 Å². The zero-order chi connectivity index (χ0) is 18.8. The van der Waals surface area contributed by atoms with Crippen LogP contribution < -0.4 is 5.32 Å². The molecule has 0 spiro atoms. The summed E-state index contributed by atoms with van der Waals surface area (Å²) < 4.78 is 66.6. The highest BCUT2D eigenvalue weighted by molar-refractivity contribution is 5.80. The summed E-state index contributed by atoms with van der Waals surface area (Å²) in [6.45, 7) is 0. The van der Waals surface area contributed by atoms with E-state index in [9.17, 15) is 31.5 Å². The zero-order valence-corrected chi connectivity index (χ0v) is 12.9. The number of aliphatic carboxylic acids is 1. The lowest BCUT2D eigenvalue weighted by Crippen LogP contribution is -2.42. The van der Waals surface area contributed by atoms with Gasteiger partial charge in [0.25, 0.3) is 0 Å². The van der Waals surface area contributed by atoms with Crippen LogP contribution in [0.25, 0.3) is 0 Å². The largest absolute Gasteiger partial charge is 0.481 e. The molecule has 1 unspecified atom stereocenters. The fourth-order valence-electron chi connectivity index (χ4n) is 2.94. The summed E-state index contributed by atoms with van der Waals surface area (Å²) in [5.74, 6) is -6.48. The minimum Gasteiger partial charge on any atom is -0.481 e. The van der Waals surface area contributed by atoms with Gasteiger partial charge in [-0.25, -0.2) is 8.78 Å². The maximum Gasteiger partial charge on any atom is 0.412 e. The van der Waals surface area contributed by atoms with Gasteiger partial charge >= 0.3 is 12.1 Å². The Balaban J connectivity index is 2.14. The van der Waals surface area contributed by atoms with Gasteiger partial charge in [0, 0.05) is 11.5 Å². The summed E-state index contributed by atoms with van der Waals surface area (Å²) >= 11 is 0. The lowest BCUT2D eigenvalue weighted by molar-refractivity contribution is -0.165. The highest BCUT2D eigenvalue weighted by atomic mass is 19.4. The first-order valence-electron chi connectivity index (χ1n) is 7.65. The second-order valence-corrected chi connectivity index (χ2v) is 6.01. The maximum atomic E-state index is 13.7. The molecular weight excluding hydrogens is 349 g/mol. The zero-order valence-electron chi connectivity index (χ0n) is 12.9. The minimum absolute atomic E-state index is 0.124. The van der Waals surface area contributed by atoms with Gasteiger partial charge in [-0.15, -0.1) is 0 Å². The van der Waals surface area contributed by atoms with E-state index in [0.29, 0.717) is 6.07 Å². The van der Waals surface area contributed by atoms with Gasteiger partial charge in [0.15, 0.2) is 17.7 Å². The van der Waals surface area contributed by atoms with E-state index in [1.54, 1.807) is 5.32 Å². The molecule has 0 bridgehead atoms. The predicted octanol–water partition coefficient (Wildman–Crippen LogP) is 3.58. The number of carboxylic acid groups (broad SMARTS) is 1. The number of carboxylic acids is 1. The molecule has 138 valence electrons. The molecule has 0 heterocycles. The molecule has 1 atom stereocenters. The summed E-state index contributed by atoms with van der Waals surface area (Å²) in [5.41, 5.74) is -1.000. The number of benzene rings is 1. The Bertz CT molecular complexity index is 654. The third kappa shape index (κ3) is 4.46. The van der Waals surface area contributed by atoms with E-state index in [0.717, 1.165) is 12.1 Å². The van der Waals surface area contributed by atoms with E-state index in [1.807, 2.05) is 0 Å². The van der Waals surface area contributed by atoms with E-state index in [2.05, 4.69) is 0 Å². The molecule has 0 aromatic heterocycles. The average Bonchev–Trinajstić information content (AvgIpc) is 2.54. The van der Waals surface area contributed by atoms with Crippen molar-refractivity contribution in [3.63, 3.8) is 0 Å². The molecule has 1 saturated carbocycles. The number of hydrogen-bond donors (Lipinski definition) is 2. The third-order valence-electron chi connectivity index (χ3n) is 4.35. The van der Waals surface area contributed by atoms with Crippen molar-refractivity contribution in [3.8, 4) is 0 Å². The smallest absolute Gasteiger partial charge is 0.412 e. The van der Waals surface area contributed by atoms with Gasteiger partial charge < -0.3 is 10.4 Å². The molecule has 2 N–H and O–H groups in total. The molecule has 25 heavy (non-hydrogen) atoms. The van der Waals surface area contributed by atoms with Crippen LogP contribution in [0.1, 0.15) is 37.3 Å². The number of carbonyl (C=O) groups is 2. The second kappa shape index (κ2) is 7.37. The first-order chi connectivity index (χ1) is 11.6. The van der Waals surface area contributed by atoms with E-state index >= 15 is 0 Å². The predicted molar refractivity (Wildman–Crippen MR) is 76.4 cm³/mol. The Labute approximate surface area is 140 Å². The number of halogens is 5. The molecule has 1 fully saturated rings. The van der Waals surface area contributed by atoms with Gasteiger partial charge in [0.2, 0.25) is 5.91 Å². The van der Waals surface area contributed by atoms with Gasteiger partial charge in [-0.05, 0) is 31.7 Å². The Morgan fingerprint density at radius 2 is 1.64 bits per heavy atom. The highest BCUT2D eigenvalue weighted by Crippen LogP contribution is 2.36. The van der Waals surface area contributed by atoms with Gasteiger partial charge in [-0.1, -0.05) is 12.1 Å². The summed E-state index contributed by atoms with van der Waals surface area (Å²) in [7, 11) is 0. The Kier molecular flexibility index (Phi) is 5.64. The standard InChI is InChI=1S/C16H16F5NO3/c17-11-3-1-2-10(12(11)18)13(16(19,20)21)22-14(23)8-4-6-9(7-5-8)15(24)25/h1-3,8-9,13H,4-7H2,(H,22,23)(H,24,25). The molecule has 1 aromatic carbocycles. The van der Waals surface area contributed by atoms with Crippen LogP contribution in [0.4, 0.5) is 22.0 Å². The number of carbonyl (C=O) groups excluding carboxylic acids is 1. The molecule has 1 aliphatic carbocycles. The van der Waals surface area contributed by atoms with Crippen LogP contribution in [0.15, 0.2) is 18.2 Å². The summed E-state index contributed by atoms with van der Waals surface area (Å²) in [6.07, 6.45) is -4.41. The molecule has 9 heteroatoms. The fraction of sp³-hybridized carbons (Fsp3) is 0.500. The molecular formula is C16H16F5NO3. The number of rotatable bonds is 4. The van der Waals surface area contributed by atoms with Crippen molar-refractivity contribution in [3.05, 3.63) is 35.4 Å². The quantitative estimate of drug-likeness (QED) is 0.802. The maximum absolute atomic E-state index is 13.7. The Morgan fingerprint density at radius 1 is 1.08 bits per heavy atom. The minimum atomic E-state index is -5.01. The number of hydrogen-bond acceptors (Lipinski definition) is 2. The molecule has 0 saturated heterocycles. The number of amides is 1. The Hall–Kier alpha value is -2.19. The monoisotopic (exact) mass is 365 g/mol. The van der Waals surface area contributed by atoms with Crippen LogP contribution in [0, 0.1) is 23.5 Å². The number of nitrogens with one attached hydrogen (secondary N) is 1. The Morgan fingerprint density at radius 3 is 2.16 bits per heavy atom. The van der Waals surface area contributed by atoms with E-state index in [-0.39, 0.29) is 25.7 Å². The van der Waals surface area contributed by atoms with Crippen LogP contribution in [-0.2, 0) is 9.59 Å². The molecule has 1 amide bonds.